The van der Waals surface area contributed by atoms with Crippen LogP contribution in [-0.2, 0) is 21.6 Å². The summed E-state index contributed by atoms with van der Waals surface area (Å²) in [5.41, 5.74) is 7.29. The molecule has 2 atom stereocenters. The Labute approximate surface area is 502 Å². The summed E-state index contributed by atoms with van der Waals surface area (Å²) in [4.78, 5) is 54.8. The van der Waals surface area contributed by atoms with Crippen molar-refractivity contribution in [1.29, 1.82) is 5.26 Å². The summed E-state index contributed by atoms with van der Waals surface area (Å²) in [5.74, 6) is 4.79. The van der Waals surface area contributed by atoms with Crippen molar-refractivity contribution >= 4 is 57.0 Å². The number of nitrogens with zero attached hydrogens (tertiary/aromatic N) is 3. The van der Waals surface area contributed by atoms with Gasteiger partial charge in [0.05, 0.1) is 69.7 Å². The van der Waals surface area contributed by atoms with Crippen LogP contribution in [0, 0.1) is 29.1 Å². The van der Waals surface area contributed by atoms with Crippen LogP contribution in [0.5, 0.6) is 17.2 Å². The summed E-state index contributed by atoms with van der Waals surface area (Å²) >= 11 is 1.64. The van der Waals surface area contributed by atoms with Crippen molar-refractivity contribution in [2.24, 2.45) is 23.5 Å². The molecule has 10 rings (SSSR count). The number of nitriles is 1. The largest absolute Gasteiger partial charge is 0.493 e. The topological polar surface area (TPSA) is 207 Å². The van der Waals surface area contributed by atoms with E-state index in [1.54, 1.807) is 85.4 Å². The van der Waals surface area contributed by atoms with Crippen LogP contribution in [0.4, 0.5) is 0 Å². The minimum atomic E-state index is -1.32. The van der Waals surface area contributed by atoms with Crippen LogP contribution in [0.2, 0.25) is 0 Å². The van der Waals surface area contributed by atoms with E-state index < -0.39 is 21.6 Å². The second-order valence-corrected chi connectivity index (χ2v) is 25.1. The van der Waals surface area contributed by atoms with E-state index in [4.69, 9.17) is 30.3 Å². The monoisotopic (exact) mass is 1190 g/mol. The molecule has 0 spiro atoms. The Morgan fingerprint density at radius 3 is 1.25 bits per heavy atom. The molecule has 2 heterocycles. The van der Waals surface area contributed by atoms with Gasteiger partial charge in [0.1, 0.15) is 17.2 Å². The number of hydrogen-bond donors (Lipinski definition) is 2. The molecule has 3 saturated carbocycles. The highest BCUT2D eigenvalue weighted by Gasteiger charge is 2.36. The predicted molar refractivity (Wildman–Crippen MR) is 332 cm³/mol. The molecule has 2 aliphatic heterocycles. The average Bonchev–Trinajstić information content (AvgIpc) is 4.18. The number of carbonyl (C=O) groups excluding carboxylic acids is 4. The molecule has 3 fully saturated rings. The lowest BCUT2D eigenvalue weighted by Crippen LogP contribution is -2.33. The van der Waals surface area contributed by atoms with Crippen LogP contribution in [0.15, 0.2) is 136 Å². The molecule has 0 saturated heterocycles. The highest BCUT2D eigenvalue weighted by atomic mass is 32.2. The van der Waals surface area contributed by atoms with Gasteiger partial charge in [-0.25, -0.2) is 0 Å². The maximum Gasteiger partial charge on any atom is 0.261 e. The van der Waals surface area contributed by atoms with Crippen LogP contribution in [0.3, 0.4) is 0 Å². The van der Waals surface area contributed by atoms with Gasteiger partial charge in [0.25, 0.3) is 23.6 Å². The second-order valence-electron chi connectivity index (χ2n) is 20.8. The fourth-order valence-corrected chi connectivity index (χ4v) is 13.3. The Kier molecular flexibility index (Phi) is 30.3. The summed E-state index contributed by atoms with van der Waals surface area (Å²) in [6.07, 6.45) is 19.4. The van der Waals surface area contributed by atoms with Crippen molar-refractivity contribution in [3.63, 3.8) is 0 Å². The first-order valence-corrected chi connectivity index (χ1v) is 32.7. The first-order chi connectivity index (χ1) is 40.0. The average molecular weight is 1190 g/mol. The highest BCUT2D eigenvalue weighted by molar-refractivity contribution is 7.99. The number of carbonyl (C=O) groups is 4. The Morgan fingerprint density at radius 1 is 0.542 bits per heavy atom. The van der Waals surface area contributed by atoms with E-state index in [1.165, 1.54) is 113 Å². The number of nitrogens with two attached hydrogens (primary N) is 1. The van der Waals surface area contributed by atoms with E-state index in [9.17, 15) is 27.6 Å². The molecular formula is C66H86N4O10S3. The van der Waals surface area contributed by atoms with Gasteiger partial charge in [-0.3, -0.25) is 37.4 Å². The van der Waals surface area contributed by atoms with Gasteiger partial charge in [-0.2, -0.15) is 5.26 Å². The third-order valence-electron chi connectivity index (χ3n) is 14.7. The molecule has 3 N–H and O–H groups in total. The Balaban J connectivity index is 0.000000220. The maximum atomic E-state index is 12.8. The van der Waals surface area contributed by atoms with Gasteiger partial charge in [-0.05, 0) is 142 Å². The van der Waals surface area contributed by atoms with Crippen molar-refractivity contribution < 1.29 is 46.9 Å². The summed E-state index contributed by atoms with van der Waals surface area (Å²) in [6, 6.07) is 38.6. The molecular weight excluding hydrogens is 1100 g/mol. The Morgan fingerprint density at radius 2 is 0.880 bits per heavy atom. The van der Waals surface area contributed by atoms with E-state index >= 15 is 0 Å². The van der Waals surface area contributed by atoms with Crippen molar-refractivity contribution in [2.75, 3.05) is 63.3 Å². The lowest BCUT2D eigenvalue weighted by Gasteiger charge is -2.21. The number of imide groups is 2. The van der Waals surface area contributed by atoms with E-state index in [1.807, 2.05) is 54.6 Å². The molecule has 5 aromatic rings. The Hall–Kier alpha value is -6.16. The summed E-state index contributed by atoms with van der Waals surface area (Å²) < 4.78 is 42.4. The fraction of sp³-hybridized carbons (Fsp3) is 0.470. The standard InChI is InChI=1S/C23H25NO4S.C23H25NO3S.C15H23NO2S.C2H3N.C2H6O.CH4/c25-22-20-11-4-5-12-21(20)23(26)24(22)13-14-29(27)19-10-6-9-18(15-19)28-16-17-7-2-1-3-8-17;25-22-20-11-4-5-12-21(20)23(26)24(22)13-14-28-19-10-6-9-18(15-19)27-16-17-7-2-1-3-8-17;16-9-10-19(17)15-8-4-7-14(11-15)18-12-13-5-2-1-3-6-13;2*1-2-3;/h4-6,9-12,15,17H,1-3,7-8,13-14,16H2;4-6,9-12,15,17H,1-3,7-8,13-14,16H2;4,7-8,11,13H,1-3,5-6,9-10,12,16H2;1H3;3H,2H2,1H3;1H4. The maximum absolute atomic E-state index is 12.8. The summed E-state index contributed by atoms with van der Waals surface area (Å²) in [6.45, 7) is 6.62. The third-order valence-corrected chi connectivity index (χ3v) is 18.4. The zero-order valence-electron chi connectivity index (χ0n) is 47.7. The number of aliphatic hydroxyl groups is 1. The first-order valence-electron chi connectivity index (χ1n) is 29.1. The quantitative estimate of drug-likeness (QED) is 0.0550. The fourth-order valence-electron chi connectivity index (χ4n) is 10.4. The zero-order chi connectivity index (χ0) is 58.5. The molecule has 14 nitrogen and oxygen atoms in total. The first kappa shape index (κ1) is 67.6. The lowest BCUT2D eigenvalue weighted by molar-refractivity contribution is 0.0648. The number of benzene rings is 5. The van der Waals surface area contributed by atoms with Gasteiger partial charge in [0.2, 0.25) is 0 Å². The molecule has 4 amide bonds. The van der Waals surface area contributed by atoms with Gasteiger partial charge in [-0.1, -0.05) is 108 Å². The number of fused-ring (bicyclic) bond motifs is 2. The number of rotatable bonds is 20. The molecule has 448 valence electrons. The second kappa shape index (κ2) is 37.2. The Bertz CT molecular complexity index is 2840. The zero-order valence-corrected chi connectivity index (χ0v) is 50.2. The van der Waals surface area contributed by atoms with Gasteiger partial charge < -0.3 is 25.1 Å². The molecule has 3 aliphatic carbocycles. The molecule has 0 bridgehead atoms. The van der Waals surface area contributed by atoms with E-state index in [0.717, 1.165) is 40.3 Å². The van der Waals surface area contributed by atoms with Crippen molar-refractivity contribution in [3.05, 3.63) is 144 Å². The molecule has 83 heavy (non-hydrogen) atoms. The van der Waals surface area contributed by atoms with Gasteiger partial charge in [0, 0.05) is 65.1 Å². The van der Waals surface area contributed by atoms with Crippen molar-refractivity contribution in [2.45, 2.75) is 132 Å². The smallest absolute Gasteiger partial charge is 0.261 e. The minimum Gasteiger partial charge on any atom is -0.493 e. The molecule has 2 unspecified atom stereocenters. The van der Waals surface area contributed by atoms with Gasteiger partial charge in [0.15, 0.2) is 0 Å². The van der Waals surface area contributed by atoms with Crippen LogP contribution < -0.4 is 19.9 Å². The minimum absolute atomic E-state index is 0. The number of ether oxygens (including phenoxy) is 3. The summed E-state index contributed by atoms with van der Waals surface area (Å²) in [5, 5.41) is 14.9. The van der Waals surface area contributed by atoms with Crippen LogP contribution in [0.25, 0.3) is 0 Å². The van der Waals surface area contributed by atoms with Crippen molar-refractivity contribution in [1.82, 2.24) is 9.80 Å². The number of thioether (sulfide) groups is 1. The van der Waals surface area contributed by atoms with Gasteiger partial charge in [-0.15, -0.1) is 11.8 Å². The number of hydrogen-bond acceptors (Lipinski definition) is 13. The van der Waals surface area contributed by atoms with E-state index in [-0.39, 0.29) is 50.0 Å². The lowest BCUT2D eigenvalue weighted by atomic mass is 9.90. The predicted octanol–water partition coefficient (Wildman–Crippen LogP) is 13.0. The SMILES string of the molecule is C.CC#N.CCO.NCCS(=O)c1cccc(OCC2CCCCC2)c1.O=C1c2ccccc2C(=O)N1CCS(=O)c1cccc(OCC2CCCCC2)c1.O=C1c2ccccc2C(=O)N1CCSc1cccc(OCC2CCCCC2)c1. The van der Waals surface area contributed by atoms with Gasteiger partial charge >= 0.3 is 0 Å². The molecule has 5 aromatic carbocycles. The van der Waals surface area contributed by atoms with E-state index in [2.05, 4.69) is 6.07 Å². The normalized spacial score (nSPS) is 16.5. The number of amides is 4. The van der Waals surface area contributed by atoms with Crippen LogP contribution in [-0.4, -0.2) is 110 Å². The third kappa shape index (κ3) is 21.5. The molecule has 17 heteroatoms. The van der Waals surface area contributed by atoms with Crippen molar-refractivity contribution in [3.8, 4) is 23.3 Å². The molecule has 0 aromatic heterocycles. The molecule has 5 aliphatic rings. The highest BCUT2D eigenvalue weighted by Crippen LogP contribution is 2.31. The summed E-state index contributed by atoms with van der Waals surface area (Å²) in [7, 11) is -2.33. The number of aliphatic hydroxyl groups excluding tert-OH is 1. The molecule has 0 radical (unpaired) electrons. The van der Waals surface area contributed by atoms with Crippen LogP contribution >= 0.6 is 11.8 Å². The van der Waals surface area contributed by atoms with E-state index in [0.29, 0.717) is 76.1 Å². The van der Waals surface area contributed by atoms with Crippen LogP contribution in [0.1, 0.15) is 159 Å².